The number of amides is 2. The molecule has 2 aromatic carbocycles. The fraction of sp³-hybridized carbons (Fsp3) is 0.308. The van der Waals surface area contributed by atoms with E-state index in [0.717, 1.165) is 45.7 Å². The van der Waals surface area contributed by atoms with E-state index >= 15 is 0 Å². The Bertz CT molecular complexity index is 826. The third-order valence-corrected chi connectivity index (χ3v) is 14.0. The topological polar surface area (TPSA) is 76.7 Å². The van der Waals surface area contributed by atoms with Gasteiger partial charge in [-0.3, -0.25) is 0 Å². The number of hydrogen-bond acceptors (Lipinski definition) is 4. The van der Waals surface area contributed by atoms with Crippen LogP contribution < -0.4 is 11.0 Å². The van der Waals surface area contributed by atoms with Gasteiger partial charge in [0.2, 0.25) is 0 Å². The third kappa shape index (κ3) is 10.8. The van der Waals surface area contributed by atoms with E-state index in [4.69, 9.17) is 6.35 Å². The Balaban J connectivity index is 2.01. The maximum atomic E-state index is 12.4. The normalized spacial score (nSPS) is 11.7. The van der Waals surface area contributed by atoms with E-state index in [0.29, 0.717) is 0 Å². The average molecular weight is 557 g/mol. The second-order valence-corrected chi connectivity index (χ2v) is 17.0. The Labute approximate surface area is 201 Å². The van der Waals surface area contributed by atoms with E-state index < -0.39 is 19.2 Å². The fourth-order valence-electron chi connectivity index (χ4n) is 3.07. The summed E-state index contributed by atoms with van der Waals surface area (Å²) >= 11 is -3.81. The van der Waals surface area contributed by atoms with Crippen LogP contribution in [0.3, 0.4) is 0 Å². The zero-order valence-electron chi connectivity index (χ0n) is 19.5. The van der Waals surface area contributed by atoms with Crippen LogP contribution in [0.15, 0.2) is 72.8 Å². The zero-order chi connectivity index (χ0) is 23.8. The van der Waals surface area contributed by atoms with Crippen LogP contribution in [0.4, 0.5) is 0 Å². The number of unbranched alkanes of at least 4 members (excludes halogenated alkanes) is 2. The second-order valence-electron chi connectivity index (χ2n) is 7.74. The summed E-state index contributed by atoms with van der Waals surface area (Å²) in [5.41, 5.74) is 6.98. The summed E-state index contributed by atoms with van der Waals surface area (Å²) in [6.45, 7) is 4.19. The first kappa shape index (κ1) is 26.8. The first-order valence-electron chi connectivity index (χ1n) is 11.5. The molecule has 0 unspecified atom stereocenters. The number of benzene rings is 2. The summed E-state index contributed by atoms with van der Waals surface area (Å²) in [4.78, 5) is 24.7. The quantitative estimate of drug-likeness (QED) is 0.182. The van der Waals surface area contributed by atoms with Gasteiger partial charge in [-0.15, -0.1) is 0 Å². The molecule has 0 aromatic heterocycles. The predicted octanol–water partition coefficient (Wildman–Crippen LogP) is 5.55. The van der Waals surface area contributed by atoms with E-state index in [1.54, 1.807) is 12.2 Å². The van der Waals surface area contributed by atoms with Gasteiger partial charge in [-0.2, -0.15) is 0 Å². The van der Waals surface area contributed by atoms with Crippen LogP contribution in [-0.4, -0.2) is 31.0 Å². The SMILES string of the molecule is CCC[CH2][Sn]([CH2]CCC)([O]NC(=O)/C=C/c1ccccc1)[O]NC(=O)/C=C/c1ccccc1. The summed E-state index contributed by atoms with van der Waals surface area (Å²) in [5.74, 6) is -0.710. The summed E-state index contributed by atoms with van der Waals surface area (Å²) in [6, 6.07) is 19.1. The molecular weight excluding hydrogens is 523 g/mol. The summed E-state index contributed by atoms with van der Waals surface area (Å²) in [6.07, 6.45) is 10.1. The summed E-state index contributed by atoms with van der Waals surface area (Å²) < 4.78 is 13.5. The number of carbonyl (C=O) groups is 2. The Kier molecular flexibility index (Phi) is 12.5. The molecule has 0 aliphatic heterocycles. The molecule has 0 heterocycles. The molecule has 176 valence electrons. The molecule has 33 heavy (non-hydrogen) atoms. The van der Waals surface area contributed by atoms with Gasteiger partial charge in [0.1, 0.15) is 0 Å². The number of hydroxylamine groups is 2. The molecule has 2 N–H and O–H groups in total. The Morgan fingerprint density at radius 3 is 1.48 bits per heavy atom. The monoisotopic (exact) mass is 558 g/mol. The van der Waals surface area contributed by atoms with Crippen molar-refractivity contribution in [2.24, 2.45) is 0 Å². The fourth-order valence-corrected chi connectivity index (χ4v) is 11.8. The van der Waals surface area contributed by atoms with E-state index in [1.807, 2.05) is 60.7 Å². The van der Waals surface area contributed by atoms with Crippen molar-refractivity contribution in [3.8, 4) is 0 Å². The van der Waals surface area contributed by atoms with E-state index in [-0.39, 0.29) is 11.8 Å². The van der Waals surface area contributed by atoms with Crippen molar-refractivity contribution < 1.29 is 15.9 Å². The minimum absolute atomic E-state index is 0.355. The van der Waals surface area contributed by atoms with Crippen LogP contribution in [0.2, 0.25) is 8.87 Å². The van der Waals surface area contributed by atoms with Gasteiger partial charge in [0, 0.05) is 0 Å². The van der Waals surface area contributed by atoms with Crippen molar-refractivity contribution in [3.63, 3.8) is 0 Å². The summed E-state index contributed by atoms with van der Waals surface area (Å²) in [7, 11) is 0. The van der Waals surface area contributed by atoms with Gasteiger partial charge in [0.25, 0.3) is 0 Å². The van der Waals surface area contributed by atoms with Crippen molar-refractivity contribution in [2.45, 2.75) is 48.4 Å². The number of rotatable bonds is 14. The average Bonchev–Trinajstić information content (AvgIpc) is 2.86. The van der Waals surface area contributed by atoms with Crippen LogP contribution in [0, 0.1) is 0 Å². The molecule has 0 aliphatic rings. The number of nitrogens with one attached hydrogen (secondary N) is 2. The third-order valence-electron chi connectivity index (χ3n) is 4.95. The van der Waals surface area contributed by atoms with E-state index in [2.05, 4.69) is 24.8 Å². The van der Waals surface area contributed by atoms with Gasteiger partial charge in [-0.05, 0) is 0 Å². The summed E-state index contributed by atoms with van der Waals surface area (Å²) in [5, 5.41) is 0. The molecule has 0 spiro atoms. The van der Waals surface area contributed by atoms with Gasteiger partial charge >= 0.3 is 202 Å². The molecule has 6 nitrogen and oxygen atoms in total. The molecular formula is C26H34N2O4Sn. The maximum absolute atomic E-state index is 12.4. The van der Waals surface area contributed by atoms with Crippen molar-refractivity contribution in [1.82, 2.24) is 11.0 Å². The minimum atomic E-state index is -3.81. The first-order chi connectivity index (χ1) is 16.1. The van der Waals surface area contributed by atoms with E-state index in [1.165, 1.54) is 12.2 Å². The molecule has 7 heteroatoms. The molecule has 2 amide bonds. The predicted molar refractivity (Wildman–Crippen MR) is 135 cm³/mol. The Morgan fingerprint density at radius 1 is 0.727 bits per heavy atom. The van der Waals surface area contributed by atoms with Crippen LogP contribution >= 0.6 is 0 Å². The Morgan fingerprint density at radius 2 is 1.12 bits per heavy atom. The van der Waals surface area contributed by atoms with Crippen LogP contribution in [0.5, 0.6) is 0 Å². The molecule has 2 rings (SSSR count). The molecule has 0 fully saturated rings. The molecule has 2 aromatic rings. The molecule has 0 radical (unpaired) electrons. The second kappa shape index (κ2) is 15.4. The van der Waals surface area contributed by atoms with Crippen LogP contribution in [-0.2, 0) is 15.9 Å². The molecule has 0 saturated carbocycles. The zero-order valence-corrected chi connectivity index (χ0v) is 22.3. The van der Waals surface area contributed by atoms with Crippen molar-refractivity contribution in [3.05, 3.63) is 83.9 Å². The van der Waals surface area contributed by atoms with Crippen LogP contribution in [0.25, 0.3) is 12.2 Å². The Hall–Kier alpha value is -2.42. The first-order valence-corrected chi connectivity index (χ1v) is 17.9. The standard InChI is InChI=1S/2C9H8NO2.2C4H9.Sn/c2*11-9(10-12)7-6-8-4-2-1-3-5-8;2*1-3-4-2;/h2*1-7H,(H-,10,11,12);2*1,3-4H2,2H3;/q2*-1;;;+2/b2*7-6+;;;. The van der Waals surface area contributed by atoms with E-state index in [9.17, 15) is 9.59 Å². The molecule has 0 saturated heterocycles. The number of carbonyl (C=O) groups excluding carboxylic acids is 2. The van der Waals surface area contributed by atoms with Crippen molar-refractivity contribution >= 4 is 43.2 Å². The number of hydrogen-bond donors (Lipinski definition) is 2. The van der Waals surface area contributed by atoms with Gasteiger partial charge < -0.3 is 0 Å². The van der Waals surface area contributed by atoms with Crippen molar-refractivity contribution in [1.29, 1.82) is 0 Å². The van der Waals surface area contributed by atoms with Gasteiger partial charge in [-0.25, -0.2) is 0 Å². The van der Waals surface area contributed by atoms with Gasteiger partial charge in [0.15, 0.2) is 0 Å². The van der Waals surface area contributed by atoms with Gasteiger partial charge in [-0.1, -0.05) is 0 Å². The molecule has 0 aliphatic carbocycles. The van der Waals surface area contributed by atoms with Crippen LogP contribution in [0.1, 0.15) is 50.7 Å². The molecule has 0 bridgehead atoms. The van der Waals surface area contributed by atoms with Gasteiger partial charge in [0.05, 0.1) is 0 Å². The molecule has 0 atom stereocenters. The van der Waals surface area contributed by atoms with Crippen molar-refractivity contribution in [2.75, 3.05) is 0 Å².